The second-order valence-corrected chi connectivity index (χ2v) is 6.86. The van der Waals surface area contributed by atoms with E-state index in [0.29, 0.717) is 48.2 Å². The lowest BCUT2D eigenvalue weighted by molar-refractivity contribution is 0.221. The highest BCUT2D eigenvalue weighted by atomic mass is 16.4. The van der Waals surface area contributed by atoms with Crippen molar-refractivity contribution in [3.8, 4) is 23.3 Å². The molecule has 10 nitrogen and oxygen atoms in total. The molecule has 5 heterocycles. The Kier molecular flexibility index (Phi) is 4.93. The number of hydrogen-bond acceptors (Lipinski definition) is 10. The van der Waals surface area contributed by atoms with Crippen molar-refractivity contribution in [2.75, 3.05) is 26.2 Å². The van der Waals surface area contributed by atoms with E-state index in [1.165, 1.54) is 0 Å². The summed E-state index contributed by atoms with van der Waals surface area (Å²) in [7, 11) is 0. The predicted octanol–water partition coefficient (Wildman–Crippen LogP) is 2.68. The summed E-state index contributed by atoms with van der Waals surface area (Å²) in [5.41, 5.74) is 0. The Morgan fingerprint density at radius 1 is 0.690 bits per heavy atom. The molecule has 0 radical (unpaired) electrons. The quantitative estimate of drug-likeness (QED) is 0.482. The van der Waals surface area contributed by atoms with E-state index in [-0.39, 0.29) is 0 Å². The van der Waals surface area contributed by atoms with Crippen LogP contribution in [0.25, 0.3) is 23.3 Å². The van der Waals surface area contributed by atoms with Crippen molar-refractivity contribution < 1.29 is 17.7 Å². The monoisotopic (exact) mass is 396 g/mol. The molecule has 4 aromatic rings. The van der Waals surface area contributed by atoms with Crippen molar-refractivity contribution in [2.24, 2.45) is 0 Å². The Balaban J connectivity index is 1.16. The SMILES string of the molecule is c1coc(-c2nnc(CN3CCCN(Cc4nnc(-c5ccco5)o4)CC3)o2)c1. The minimum absolute atomic E-state index is 0.408. The van der Waals surface area contributed by atoms with Gasteiger partial charge in [-0.1, -0.05) is 0 Å². The molecule has 5 rings (SSSR count). The van der Waals surface area contributed by atoms with Crippen LogP contribution in [0.1, 0.15) is 18.2 Å². The molecule has 0 spiro atoms. The highest BCUT2D eigenvalue weighted by molar-refractivity contribution is 5.42. The predicted molar refractivity (Wildman–Crippen MR) is 99.2 cm³/mol. The van der Waals surface area contributed by atoms with Crippen LogP contribution in [-0.2, 0) is 13.1 Å². The van der Waals surface area contributed by atoms with Crippen molar-refractivity contribution in [1.82, 2.24) is 30.2 Å². The maximum absolute atomic E-state index is 5.72. The van der Waals surface area contributed by atoms with E-state index in [2.05, 4.69) is 30.2 Å². The van der Waals surface area contributed by atoms with Crippen LogP contribution < -0.4 is 0 Å². The van der Waals surface area contributed by atoms with Crippen LogP contribution in [0.3, 0.4) is 0 Å². The molecule has 0 N–H and O–H groups in total. The molecular formula is C19H20N6O4. The molecule has 1 fully saturated rings. The molecule has 4 aromatic heterocycles. The zero-order chi connectivity index (χ0) is 19.5. The molecule has 0 atom stereocenters. The van der Waals surface area contributed by atoms with E-state index in [1.807, 2.05) is 0 Å². The van der Waals surface area contributed by atoms with Gasteiger partial charge in [-0.3, -0.25) is 9.80 Å². The first-order valence-corrected chi connectivity index (χ1v) is 9.51. The molecule has 1 aliphatic rings. The fourth-order valence-electron chi connectivity index (χ4n) is 3.36. The number of furan rings is 2. The zero-order valence-electron chi connectivity index (χ0n) is 15.7. The third-order valence-corrected chi connectivity index (χ3v) is 4.80. The first-order chi connectivity index (χ1) is 14.3. The van der Waals surface area contributed by atoms with Gasteiger partial charge in [-0.25, -0.2) is 0 Å². The second-order valence-electron chi connectivity index (χ2n) is 6.86. The van der Waals surface area contributed by atoms with Crippen LogP contribution in [0.15, 0.2) is 54.5 Å². The summed E-state index contributed by atoms with van der Waals surface area (Å²) in [6, 6.07) is 7.19. The lowest BCUT2D eigenvalue weighted by atomic mass is 10.4. The standard InChI is InChI=1S/C19H20N6O4/c1-4-14(26-10-1)18-22-20-16(28-18)12-24-6-3-7-25(9-8-24)13-17-21-23-19(29-17)15-5-2-11-27-15/h1-2,4-5,10-11H,3,6-9,12-13H2. The minimum Gasteiger partial charge on any atom is -0.459 e. The van der Waals surface area contributed by atoms with Gasteiger partial charge in [0, 0.05) is 13.1 Å². The fourth-order valence-corrected chi connectivity index (χ4v) is 3.36. The number of aromatic nitrogens is 4. The van der Waals surface area contributed by atoms with Crippen LogP contribution in [0, 0.1) is 0 Å². The van der Waals surface area contributed by atoms with Gasteiger partial charge in [0.05, 0.1) is 25.6 Å². The van der Waals surface area contributed by atoms with Gasteiger partial charge in [0.2, 0.25) is 11.8 Å². The maximum atomic E-state index is 5.72. The van der Waals surface area contributed by atoms with Crippen molar-refractivity contribution in [2.45, 2.75) is 19.5 Å². The molecule has 0 bridgehead atoms. The van der Waals surface area contributed by atoms with E-state index in [0.717, 1.165) is 32.6 Å². The minimum atomic E-state index is 0.408. The van der Waals surface area contributed by atoms with E-state index < -0.39 is 0 Å². The first kappa shape index (κ1) is 17.8. The molecule has 0 unspecified atom stereocenters. The topological polar surface area (TPSA) is 111 Å². The smallest absolute Gasteiger partial charge is 0.283 e. The van der Waals surface area contributed by atoms with Crippen molar-refractivity contribution >= 4 is 0 Å². The van der Waals surface area contributed by atoms with E-state index in [1.54, 1.807) is 36.8 Å². The summed E-state index contributed by atoms with van der Waals surface area (Å²) in [5, 5.41) is 16.4. The van der Waals surface area contributed by atoms with Gasteiger partial charge >= 0.3 is 0 Å². The Morgan fingerprint density at radius 3 is 1.66 bits per heavy atom. The largest absolute Gasteiger partial charge is 0.459 e. The van der Waals surface area contributed by atoms with Gasteiger partial charge in [0.1, 0.15) is 0 Å². The van der Waals surface area contributed by atoms with Gasteiger partial charge in [-0.05, 0) is 43.8 Å². The van der Waals surface area contributed by atoms with Crippen molar-refractivity contribution in [3.63, 3.8) is 0 Å². The molecule has 0 saturated carbocycles. The fraction of sp³-hybridized carbons (Fsp3) is 0.368. The van der Waals surface area contributed by atoms with Crippen molar-refractivity contribution in [1.29, 1.82) is 0 Å². The maximum Gasteiger partial charge on any atom is 0.283 e. The Labute approximate surface area is 166 Å². The Hall–Kier alpha value is -3.24. The Morgan fingerprint density at radius 2 is 1.21 bits per heavy atom. The number of hydrogen-bond donors (Lipinski definition) is 0. The summed E-state index contributed by atoms with van der Waals surface area (Å²) in [6.07, 6.45) is 4.20. The van der Waals surface area contributed by atoms with Crippen LogP contribution >= 0.6 is 0 Å². The average Bonchev–Trinajstić information content (AvgIpc) is 3.51. The third kappa shape index (κ3) is 4.13. The number of rotatable bonds is 6. The first-order valence-electron chi connectivity index (χ1n) is 9.51. The lowest BCUT2D eigenvalue weighted by Gasteiger charge is -2.19. The molecule has 29 heavy (non-hydrogen) atoms. The van der Waals surface area contributed by atoms with E-state index in [4.69, 9.17) is 17.7 Å². The van der Waals surface area contributed by atoms with Crippen LogP contribution in [0.2, 0.25) is 0 Å². The summed E-state index contributed by atoms with van der Waals surface area (Å²) >= 11 is 0. The summed E-state index contributed by atoms with van der Waals surface area (Å²) in [4.78, 5) is 4.61. The Bertz CT molecular complexity index is 941. The number of nitrogens with zero attached hydrogens (tertiary/aromatic N) is 6. The van der Waals surface area contributed by atoms with E-state index >= 15 is 0 Å². The molecule has 0 aromatic carbocycles. The van der Waals surface area contributed by atoms with Gasteiger partial charge < -0.3 is 17.7 Å². The molecule has 0 amide bonds. The second kappa shape index (κ2) is 8.02. The van der Waals surface area contributed by atoms with Gasteiger partial charge in [0.15, 0.2) is 11.5 Å². The molecule has 1 saturated heterocycles. The van der Waals surface area contributed by atoms with Gasteiger partial charge in [0.25, 0.3) is 11.8 Å². The highest BCUT2D eigenvalue weighted by Crippen LogP contribution is 2.20. The molecule has 10 heteroatoms. The molecular weight excluding hydrogens is 376 g/mol. The van der Waals surface area contributed by atoms with E-state index in [9.17, 15) is 0 Å². The molecule has 150 valence electrons. The van der Waals surface area contributed by atoms with Gasteiger partial charge in [-0.15, -0.1) is 20.4 Å². The molecule has 0 aliphatic carbocycles. The summed E-state index contributed by atoms with van der Waals surface area (Å²) < 4.78 is 22.0. The highest BCUT2D eigenvalue weighted by Gasteiger charge is 2.20. The third-order valence-electron chi connectivity index (χ3n) is 4.80. The molecule has 1 aliphatic heterocycles. The summed E-state index contributed by atoms with van der Waals surface area (Å²) in [5.74, 6) is 3.16. The van der Waals surface area contributed by atoms with Crippen LogP contribution in [0.5, 0.6) is 0 Å². The normalized spacial score (nSPS) is 16.3. The average molecular weight is 396 g/mol. The van der Waals surface area contributed by atoms with Crippen LogP contribution in [-0.4, -0.2) is 56.4 Å². The van der Waals surface area contributed by atoms with Gasteiger partial charge in [-0.2, -0.15) is 0 Å². The lowest BCUT2D eigenvalue weighted by Crippen LogP contribution is -2.30. The summed E-state index contributed by atoms with van der Waals surface area (Å²) in [6.45, 7) is 4.91. The van der Waals surface area contributed by atoms with Crippen LogP contribution in [0.4, 0.5) is 0 Å². The zero-order valence-corrected chi connectivity index (χ0v) is 15.7. The van der Waals surface area contributed by atoms with Crippen molar-refractivity contribution in [3.05, 3.63) is 48.6 Å².